The molecule has 1 aromatic carbocycles. The number of fused-ring (bicyclic) bond motifs is 1. The zero-order chi connectivity index (χ0) is 14.3. The lowest BCUT2D eigenvalue weighted by molar-refractivity contribution is -0.00521. The summed E-state index contributed by atoms with van der Waals surface area (Å²) in [7, 11) is 0. The van der Waals surface area contributed by atoms with Gasteiger partial charge in [-0.1, -0.05) is 0 Å². The lowest BCUT2D eigenvalue weighted by Crippen LogP contribution is -2.45. The molecule has 0 radical (unpaired) electrons. The first-order valence-electron chi connectivity index (χ1n) is 6.69. The fourth-order valence-electron chi connectivity index (χ4n) is 2.69. The second-order valence-electron chi connectivity index (χ2n) is 5.30. The number of anilines is 1. The summed E-state index contributed by atoms with van der Waals surface area (Å²) < 4.78 is 5.71. The van der Waals surface area contributed by atoms with Crippen molar-refractivity contribution >= 4 is 16.7 Å². The molecule has 2 heterocycles. The number of nitrogens with one attached hydrogen (secondary N) is 2. The topological polar surface area (TPSA) is 78.2 Å². The number of aromatic amines is 2. The normalized spacial score (nSPS) is 23.2. The third-order valence-corrected chi connectivity index (χ3v) is 3.49. The Morgan fingerprint density at radius 3 is 2.30 bits per heavy atom. The Bertz CT molecular complexity index is 739. The van der Waals surface area contributed by atoms with E-state index in [1.165, 1.54) is 0 Å². The highest BCUT2D eigenvalue weighted by atomic mass is 16.5. The largest absolute Gasteiger partial charge is 0.372 e. The number of rotatable bonds is 1. The Labute approximate surface area is 115 Å². The van der Waals surface area contributed by atoms with Gasteiger partial charge in [0.15, 0.2) is 0 Å². The fraction of sp³-hybridized carbons (Fsp3) is 0.429. The first-order chi connectivity index (χ1) is 9.52. The Kier molecular flexibility index (Phi) is 3.10. The second kappa shape index (κ2) is 4.79. The van der Waals surface area contributed by atoms with E-state index in [9.17, 15) is 9.59 Å². The van der Waals surface area contributed by atoms with Crippen LogP contribution in [0, 0.1) is 0 Å². The summed E-state index contributed by atoms with van der Waals surface area (Å²) in [6.45, 7) is 5.71. The minimum Gasteiger partial charge on any atom is -0.372 e. The van der Waals surface area contributed by atoms with Crippen LogP contribution >= 0.6 is 0 Å². The number of aromatic nitrogens is 2. The van der Waals surface area contributed by atoms with Crippen molar-refractivity contribution in [2.24, 2.45) is 0 Å². The average molecular weight is 275 g/mol. The van der Waals surface area contributed by atoms with Gasteiger partial charge >= 0.3 is 11.1 Å². The molecule has 0 amide bonds. The zero-order valence-corrected chi connectivity index (χ0v) is 11.5. The predicted molar refractivity (Wildman–Crippen MR) is 77.4 cm³/mol. The third-order valence-electron chi connectivity index (χ3n) is 3.49. The molecule has 3 rings (SSSR count). The second-order valence-corrected chi connectivity index (χ2v) is 5.30. The van der Waals surface area contributed by atoms with Gasteiger partial charge in [0.1, 0.15) is 0 Å². The van der Waals surface area contributed by atoms with Crippen LogP contribution in [0.4, 0.5) is 5.69 Å². The van der Waals surface area contributed by atoms with Crippen molar-refractivity contribution in [2.45, 2.75) is 26.1 Å². The van der Waals surface area contributed by atoms with E-state index in [1.54, 1.807) is 0 Å². The molecule has 1 aliphatic heterocycles. The molecule has 1 aromatic heterocycles. The van der Waals surface area contributed by atoms with E-state index < -0.39 is 11.1 Å². The van der Waals surface area contributed by atoms with Crippen LogP contribution in [0.2, 0.25) is 0 Å². The molecule has 2 aromatic rings. The van der Waals surface area contributed by atoms with Crippen molar-refractivity contribution in [2.75, 3.05) is 18.0 Å². The SMILES string of the molecule is C[C@@H]1CN(c2ccc3[nH]c(=O)c(=O)[nH]c3c2)C[C@H](C)O1. The summed E-state index contributed by atoms with van der Waals surface area (Å²) in [4.78, 5) is 30.1. The van der Waals surface area contributed by atoms with E-state index in [0.717, 1.165) is 18.8 Å². The standard InChI is InChI=1S/C14H17N3O3/c1-8-6-17(7-9(2)20-8)10-3-4-11-12(5-10)16-14(19)13(18)15-11/h3-5,8-9H,6-7H2,1-2H3,(H,15,18)(H,16,19)/t8-,9+. The molecule has 1 fully saturated rings. The maximum absolute atomic E-state index is 11.4. The molecule has 106 valence electrons. The zero-order valence-electron chi connectivity index (χ0n) is 11.5. The minimum absolute atomic E-state index is 0.170. The van der Waals surface area contributed by atoms with Gasteiger partial charge in [-0.25, -0.2) is 0 Å². The third kappa shape index (κ3) is 2.34. The molecule has 2 atom stereocenters. The summed E-state index contributed by atoms with van der Waals surface area (Å²) in [6.07, 6.45) is 0.341. The van der Waals surface area contributed by atoms with Crippen LogP contribution in [-0.2, 0) is 4.74 Å². The molecule has 0 saturated carbocycles. The molecule has 0 spiro atoms. The number of morpholine rings is 1. The highest BCUT2D eigenvalue weighted by Gasteiger charge is 2.22. The lowest BCUT2D eigenvalue weighted by atomic mass is 10.2. The number of ether oxygens (including phenoxy) is 1. The van der Waals surface area contributed by atoms with Crippen molar-refractivity contribution in [1.29, 1.82) is 0 Å². The van der Waals surface area contributed by atoms with E-state index in [4.69, 9.17) is 4.74 Å². The smallest absolute Gasteiger partial charge is 0.314 e. The van der Waals surface area contributed by atoms with Gasteiger partial charge in [-0.15, -0.1) is 0 Å². The van der Waals surface area contributed by atoms with Gasteiger partial charge in [0.25, 0.3) is 0 Å². The van der Waals surface area contributed by atoms with E-state index in [-0.39, 0.29) is 12.2 Å². The van der Waals surface area contributed by atoms with Gasteiger partial charge in [-0.2, -0.15) is 0 Å². The monoisotopic (exact) mass is 275 g/mol. The first-order valence-corrected chi connectivity index (χ1v) is 6.69. The van der Waals surface area contributed by atoms with Gasteiger partial charge in [0.2, 0.25) is 0 Å². The molecular weight excluding hydrogens is 258 g/mol. The minimum atomic E-state index is -0.627. The summed E-state index contributed by atoms with van der Waals surface area (Å²) in [5.74, 6) is 0. The maximum Gasteiger partial charge on any atom is 0.314 e. The van der Waals surface area contributed by atoms with Crippen LogP contribution in [0.5, 0.6) is 0 Å². The predicted octanol–water partition coefficient (Wildman–Crippen LogP) is 0.830. The van der Waals surface area contributed by atoms with Gasteiger partial charge in [0.05, 0.1) is 23.2 Å². The number of H-pyrrole nitrogens is 2. The number of hydrogen-bond donors (Lipinski definition) is 2. The van der Waals surface area contributed by atoms with Crippen LogP contribution in [0.15, 0.2) is 27.8 Å². The molecule has 0 unspecified atom stereocenters. The molecule has 0 bridgehead atoms. The van der Waals surface area contributed by atoms with Crippen LogP contribution < -0.4 is 16.0 Å². The molecule has 1 aliphatic rings. The van der Waals surface area contributed by atoms with Crippen LogP contribution in [0.1, 0.15) is 13.8 Å². The van der Waals surface area contributed by atoms with Crippen LogP contribution in [-0.4, -0.2) is 35.3 Å². The average Bonchev–Trinajstić information content (AvgIpc) is 2.38. The molecule has 20 heavy (non-hydrogen) atoms. The van der Waals surface area contributed by atoms with Crippen molar-refractivity contribution in [3.05, 3.63) is 38.9 Å². The summed E-state index contributed by atoms with van der Waals surface area (Å²) in [5.41, 5.74) is 1.03. The summed E-state index contributed by atoms with van der Waals surface area (Å²) >= 11 is 0. The Morgan fingerprint density at radius 1 is 1.05 bits per heavy atom. The molecule has 6 heteroatoms. The van der Waals surface area contributed by atoms with Crippen molar-refractivity contribution < 1.29 is 4.74 Å². The Hall–Kier alpha value is -2.08. The summed E-state index contributed by atoms with van der Waals surface area (Å²) in [6, 6.07) is 5.64. The van der Waals surface area contributed by atoms with Crippen molar-refractivity contribution in [3.8, 4) is 0 Å². The number of nitrogens with zero attached hydrogens (tertiary/aromatic N) is 1. The Morgan fingerprint density at radius 2 is 1.65 bits per heavy atom. The van der Waals surface area contributed by atoms with Gasteiger partial charge in [-0.05, 0) is 32.0 Å². The molecule has 1 saturated heterocycles. The highest BCUT2D eigenvalue weighted by molar-refractivity contribution is 5.78. The highest BCUT2D eigenvalue weighted by Crippen LogP contribution is 2.22. The van der Waals surface area contributed by atoms with Gasteiger partial charge in [-0.3, -0.25) is 9.59 Å². The molecule has 6 nitrogen and oxygen atoms in total. The van der Waals surface area contributed by atoms with E-state index >= 15 is 0 Å². The van der Waals surface area contributed by atoms with Gasteiger partial charge < -0.3 is 19.6 Å². The quantitative estimate of drug-likeness (QED) is 0.756. The van der Waals surface area contributed by atoms with Crippen LogP contribution in [0.3, 0.4) is 0 Å². The molecular formula is C14H17N3O3. The molecule has 2 N–H and O–H groups in total. The van der Waals surface area contributed by atoms with Crippen LogP contribution in [0.25, 0.3) is 11.0 Å². The fourth-order valence-corrected chi connectivity index (χ4v) is 2.69. The number of hydrogen-bond acceptors (Lipinski definition) is 4. The van der Waals surface area contributed by atoms with E-state index in [1.807, 2.05) is 32.0 Å². The van der Waals surface area contributed by atoms with E-state index in [0.29, 0.717) is 11.0 Å². The Balaban J connectivity index is 2.02. The van der Waals surface area contributed by atoms with Crippen molar-refractivity contribution in [3.63, 3.8) is 0 Å². The number of benzene rings is 1. The lowest BCUT2D eigenvalue weighted by Gasteiger charge is -2.36. The first kappa shape index (κ1) is 12.9. The maximum atomic E-state index is 11.4. The van der Waals surface area contributed by atoms with Crippen molar-refractivity contribution in [1.82, 2.24) is 9.97 Å². The summed E-state index contributed by atoms with van der Waals surface area (Å²) in [5, 5.41) is 0. The molecule has 0 aliphatic carbocycles. The van der Waals surface area contributed by atoms with E-state index in [2.05, 4.69) is 14.9 Å². The van der Waals surface area contributed by atoms with Gasteiger partial charge in [0, 0.05) is 18.8 Å².